The third-order valence-corrected chi connectivity index (χ3v) is 4.42. The third-order valence-electron chi connectivity index (χ3n) is 4.42. The van der Waals surface area contributed by atoms with E-state index in [0.717, 1.165) is 6.42 Å². The number of halogens is 1. The molecule has 2 atom stereocenters. The van der Waals surface area contributed by atoms with Gasteiger partial charge in [-0.15, -0.1) is 12.4 Å². The monoisotopic (exact) mass is 299 g/mol. The molecule has 0 aliphatic rings. The van der Waals surface area contributed by atoms with Crippen LogP contribution in [0.5, 0.6) is 0 Å². The molecule has 1 nitrogen and oxygen atoms in total. The molecule has 110 valence electrons. The highest BCUT2D eigenvalue weighted by molar-refractivity contribution is 6.09. The van der Waals surface area contributed by atoms with E-state index in [1.807, 2.05) is 0 Å². The first-order valence-corrected chi connectivity index (χ1v) is 7.38. The summed E-state index contributed by atoms with van der Waals surface area (Å²) < 4.78 is 0. The second kappa shape index (κ2) is 6.46. The van der Waals surface area contributed by atoms with E-state index >= 15 is 0 Å². The van der Waals surface area contributed by atoms with Gasteiger partial charge in [0.2, 0.25) is 0 Å². The Morgan fingerprint density at radius 3 is 2.14 bits per heavy atom. The average Bonchev–Trinajstić information content (AvgIpc) is 2.52. The molecule has 0 aromatic heterocycles. The predicted molar refractivity (Wildman–Crippen MR) is 95.1 cm³/mol. The lowest BCUT2D eigenvalue weighted by atomic mass is 9.87. The summed E-state index contributed by atoms with van der Waals surface area (Å²) in [5, 5.41) is 5.18. The molecule has 0 saturated carbocycles. The van der Waals surface area contributed by atoms with Gasteiger partial charge in [-0.3, -0.25) is 0 Å². The van der Waals surface area contributed by atoms with E-state index in [9.17, 15) is 0 Å². The number of nitrogens with two attached hydrogens (primary N) is 1. The zero-order valence-corrected chi connectivity index (χ0v) is 13.4. The molecule has 2 heteroatoms. The van der Waals surface area contributed by atoms with Gasteiger partial charge >= 0.3 is 0 Å². The summed E-state index contributed by atoms with van der Waals surface area (Å²) in [6.07, 6.45) is 1.10. The van der Waals surface area contributed by atoms with Gasteiger partial charge in [0.25, 0.3) is 0 Å². The lowest BCUT2D eigenvalue weighted by Gasteiger charge is -2.21. The quantitative estimate of drug-likeness (QED) is 0.638. The van der Waals surface area contributed by atoms with Crippen molar-refractivity contribution in [1.29, 1.82) is 0 Å². The minimum Gasteiger partial charge on any atom is -0.324 e. The van der Waals surface area contributed by atoms with E-state index in [2.05, 4.69) is 68.4 Å². The Labute approximate surface area is 132 Å². The van der Waals surface area contributed by atoms with Gasteiger partial charge in [-0.1, -0.05) is 68.8 Å². The van der Waals surface area contributed by atoms with Gasteiger partial charge in [0.05, 0.1) is 0 Å². The maximum atomic E-state index is 6.51. The highest BCUT2D eigenvalue weighted by atomic mass is 35.5. The Hall–Kier alpha value is -1.57. The number of fused-ring (bicyclic) bond motifs is 3. The normalized spacial score (nSPS) is 13.9. The maximum Gasteiger partial charge on any atom is 0.0327 e. The molecule has 3 aromatic carbocycles. The van der Waals surface area contributed by atoms with Crippen LogP contribution in [0, 0.1) is 5.92 Å². The molecule has 0 aliphatic carbocycles. The van der Waals surface area contributed by atoms with Crippen molar-refractivity contribution in [3.63, 3.8) is 0 Å². The van der Waals surface area contributed by atoms with E-state index in [-0.39, 0.29) is 18.4 Å². The van der Waals surface area contributed by atoms with Gasteiger partial charge in [-0.05, 0) is 39.1 Å². The minimum atomic E-state index is 0. The van der Waals surface area contributed by atoms with E-state index in [0.29, 0.717) is 5.92 Å². The van der Waals surface area contributed by atoms with E-state index in [1.54, 1.807) is 0 Å². The van der Waals surface area contributed by atoms with Crippen molar-refractivity contribution in [1.82, 2.24) is 0 Å². The van der Waals surface area contributed by atoms with Crippen LogP contribution >= 0.6 is 12.4 Å². The first-order chi connectivity index (χ1) is 9.72. The Morgan fingerprint density at radius 1 is 0.905 bits per heavy atom. The van der Waals surface area contributed by atoms with Crippen LogP contribution in [-0.4, -0.2) is 0 Å². The largest absolute Gasteiger partial charge is 0.324 e. The summed E-state index contributed by atoms with van der Waals surface area (Å²) in [5.74, 6) is 0.486. The molecule has 0 heterocycles. The molecule has 1 unspecified atom stereocenters. The van der Waals surface area contributed by atoms with Crippen molar-refractivity contribution in [3.05, 3.63) is 60.2 Å². The van der Waals surface area contributed by atoms with Gasteiger partial charge in [0, 0.05) is 6.04 Å². The number of hydrogen-bond acceptors (Lipinski definition) is 1. The van der Waals surface area contributed by atoms with E-state index in [1.165, 1.54) is 27.1 Å². The van der Waals surface area contributed by atoms with Gasteiger partial charge < -0.3 is 5.73 Å². The molecular weight excluding hydrogens is 278 g/mol. The van der Waals surface area contributed by atoms with Crippen LogP contribution in [0.3, 0.4) is 0 Å². The van der Waals surface area contributed by atoms with Gasteiger partial charge in [0.1, 0.15) is 0 Å². The second-order valence-electron chi connectivity index (χ2n) is 5.64. The Balaban J connectivity index is 0.00000161. The molecule has 3 rings (SSSR count). The van der Waals surface area contributed by atoms with Crippen molar-refractivity contribution in [3.8, 4) is 0 Å². The van der Waals surface area contributed by atoms with E-state index in [4.69, 9.17) is 5.73 Å². The predicted octanol–water partition coefficient (Wildman–Crippen LogP) is 5.46. The van der Waals surface area contributed by atoms with Crippen molar-refractivity contribution < 1.29 is 0 Å². The Morgan fingerprint density at radius 2 is 1.48 bits per heavy atom. The lowest BCUT2D eigenvalue weighted by molar-refractivity contribution is 0.459. The van der Waals surface area contributed by atoms with Crippen LogP contribution in [0.25, 0.3) is 21.5 Å². The zero-order valence-electron chi connectivity index (χ0n) is 12.5. The van der Waals surface area contributed by atoms with Gasteiger partial charge in [-0.25, -0.2) is 0 Å². The van der Waals surface area contributed by atoms with Crippen LogP contribution < -0.4 is 5.73 Å². The summed E-state index contributed by atoms with van der Waals surface area (Å²) in [6.45, 7) is 4.43. The summed E-state index contributed by atoms with van der Waals surface area (Å²) in [4.78, 5) is 0. The molecule has 3 aromatic rings. The van der Waals surface area contributed by atoms with Crippen LogP contribution in [0.4, 0.5) is 0 Å². The molecule has 0 aliphatic heterocycles. The first-order valence-electron chi connectivity index (χ1n) is 7.38. The van der Waals surface area contributed by atoms with Crippen molar-refractivity contribution in [2.24, 2.45) is 11.7 Å². The topological polar surface area (TPSA) is 26.0 Å². The summed E-state index contributed by atoms with van der Waals surface area (Å²) in [5.41, 5.74) is 7.78. The van der Waals surface area contributed by atoms with Crippen molar-refractivity contribution in [2.45, 2.75) is 26.3 Å². The summed E-state index contributed by atoms with van der Waals surface area (Å²) in [7, 11) is 0. The fraction of sp³-hybridized carbons (Fsp3) is 0.263. The standard InChI is InChI=1S/C19H21N.ClH/c1-3-13(2)19(20)18-12-14-8-4-5-9-15(14)16-10-6-7-11-17(16)18;/h4-13,19H,3,20H2,1-2H3;1H/t13?,19-;/m0./s1. The third kappa shape index (κ3) is 2.76. The van der Waals surface area contributed by atoms with Crippen LogP contribution in [0.15, 0.2) is 54.6 Å². The Bertz CT molecular complexity index is 751. The molecule has 0 bridgehead atoms. The zero-order chi connectivity index (χ0) is 14.1. The average molecular weight is 300 g/mol. The smallest absolute Gasteiger partial charge is 0.0327 e. The number of rotatable bonds is 3. The number of benzene rings is 3. The van der Waals surface area contributed by atoms with Crippen molar-refractivity contribution in [2.75, 3.05) is 0 Å². The highest BCUT2D eigenvalue weighted by Crippen LogP contribution is 2.34. The number of hydrogen-bond donors (Lipinski definition) is 1. The first kappa shape index (κ1) is 15.8. The van der Waals surface area contributed by atoms with Gasteiger partial charge in [0.15, 0.2) is 0 Å². The second-order valence-corrected chi connectivity index (χ2v) is 5.64. The van der Waals surface area contributed by atoms with E-state index < -0.39 is 0 Å². The molecule has 0 saturated heterocycles. The molecule has 0 amide bonds. The highest BCUT2D eigenvalue weighted by Gasteiger charge is 2.17. The fourth-order valence-corrected chi connectivity index (χ4v) is 2.92. The van der Waals surface area contributed by atoms with Gasteiger partial charge in [-0.2, -0.15) is 0 Å². The lowest BCUT2D eigenvalue weighted by Crippen LogP contribution is -2.18. The molecule has 0 radical (unpaired) electrons. The van der Waals surface area contributed by atoms with Crippen LogP contribution in [0.2, 0.25) is 0 Å². The maximum absolute atomic E-state index is 6.51. The summed E-state index contributed by atoms with van der Waals surface area (Å²) >= 11 is 0. The molecule has 21 heavy (non-hydrogen) atoms. The molecule has 2 N–H and O–H groups in total. The van der Waals surface area contributed by atoms with Crippen LogP contribution in [-0.2, 0) is 0 Å². The SMILES string of the molecule is CCC(C)[C@H](N)c1cc2ccccc2c2ccccc12.Cl. The molecular formula is C19H22ClN. The fourth-order valence-electron chi connectivity index (χ4n) is 2.92. The van der Waals surface area contributed by atoms with Crippen molar-refractivity contribution >= 4 is 34.0 Å². The summed E-state index contributed by atoms with van der Waals surface area (Å²) in [6, 6.07) is 19.5. The molecule has 0 spiro atoms. The van der Waals surface area contributed by atoms with Crippen LogP contribution in [0.1, 0.15) is 31.9 Å². The Kier molecular flexibility index (Phi) is 4.87. The minimum absolute atomic E-state index is 0. The molecule has 0 fully saturated rings.